The zero-order valence-corrected chi connectivity index (χ0v) is 26.4. The molecule has 0 N–H and O–H groups in total. The third-order valence-electron chi connectivity index (χ3n) is 7.10. The van der Waals surface area contributed by atoms with E-state index in [-0.39, 0.29) is 30.2 Å². The minimum absolute atomic E-state index is 0.155. The van der Waals surface area contributed by atoms with Crippen LogP contribution in [-0.2, 0) is 16.1 Å². The third-order valence-corrected chi connectivity index (χ3v) is 8.08. The Bertz CT molecular complexity index is 1950. The van der Waals surface area contributed by atoms with Crippen LogP contribution in [0.3, 0.4) is 0 Å². The maximum absolute atomic E-state index is 14.1. The van der Waals surface area contributed by atoms with Gasteiger partial charge in [0, 0.05) is 5.56 Å². The van der Waals surface area contributed by atoms with Crippen molar-refractivity contribution in [2.24, 2.45) is 4.99 Å². The lowest BCUT2D eigenvalue weighted by Crippen LogP contribution is -2.40. The van der Waals surface area contributed by atoms with E-state index in [1.54, 1.807) is 68.5 Å². The van der Waals surface area contributed by atoms with Gasteiger partial charge in [-0.2, -0.15) is 0 Å². The number of carbonyl (C=O) groups excluding carboxylic acids is 1. The molecule has 2 heterocycles. The molecule has 9 nitrogen and oxygen atoms in total. The molecule has 0 fully saturated rings. The fourth-order valence-corrected chi connectivity index (χ4v) is 6.17. The minimum atomic E-state index is -0.868. The first-order valence-electron chi connectivity index (χ1n) is 14.3. The number of esters is 1. The first-order chi connectivity index (χ1) is 21.8. The van der Waals surface area contributed by atoms with Gasteiger partial charge in [-0.25, -0.2) is 14.2 Å². The summed E-state index contributed by atoms with van der Waals surface area (Å²) >= 11 is 1.20. The van der Waals surface area contributed by atoms with Gasteiger partial charge in [-0.15, -0.1) is 0 Å². The molecule has 0 saturated carbocycles. The quantitative estimate of drug-likeness (QED) is 0.216. The van der Waals surface area contributed by atoms with Crippen molar-refractivity contribution in [1.82, 2.24) is 4.57 Å². The number of methoxy groups -OCH3 is 2. The summed E-state index contributed by atoms with van der Waals surface area (Å²) in [5.74, 6) is 0.910. The fraction of sp³-hybridized carbons (Fsp3) is 0.265. The second-order valence-corrected chi connectivity index (χ2v) is 11.0. The number of rotatable bonds is 11. The highest BCUT2D eigenvalue weighted by Gasteiger charge is 2.36. The Balaban J connectivity index is 1.60. The van der Waals surface area contributed by atoms with Crippen molar-refractivity contribution >= 4 is 23.4 Å². The Labute approximate surface area is 263 Å². The number of aromatic nitrogens is 1. The lowest BCUT2D eigenvalue weighted by molar-refractivity contribution is -0.139. The highest BCUT2D eigenvalue weighted by molar-refractivity contribution is 7.07. The van der Waals surface area contributed by atoms with Crippen LogP contribution < -0.4 is 33.8 Å². The monoisotopic (exact) mass is 632 g/mol. The maximum Gasteiger partial charge on any atom is 0.338 e. The van der Waals surface area contributed by atoms with E-state index in [9.17, 15) is 14.0 Å². The standard InChI is InChI=1S/C34H33FN2O7S/c1-6-42-31-24(12-9-13-26(31)40-4)30-29(33(39)43-7-2)20(3)36-34-37(30)32(38)28(45-34)18-21-14-15-25(27(17-21)41-5)44-19-22-10-8-11-23(35)16-22/h8-18,30H,6-7,19H2,1-5H3/t30-/m0/s1. The number of ether oxygens (including phenoxy) is 5. The van der Waals surface area contributed by atoms with E-state index in [1.165, 1.54) is 42.3 Å². The molecule has 5 rings (SSSR count). The molecule has 0 unspecified atom stereocenters. The molecule has 1 aliphatic heterocycles. The average Bonchev–Trinajstić information content (AvgIpc) is 3.33. The molecule has 0 saturated heterocycles. The Kier molecular flexibility index (Phi) is 9.68. The summed E-state index contributed by atoms with van der Waals surface area (Å²) in [4.78, 5) is 32.5. The molecule has 1 aliphatic rings. The Morgan fingerprint density at radius 2 is 1.76 bits per heavy atom. The predicted molar refractivity (Wildman–Crippen MR) is 168 cm³/mol. The summed E-state index contributed by atoms with van der Waals surface area (Å²) in [6.07, 6.45) is 1.73. The van der Waals surface area contributed by atoms with E-state index in [0.29, 0.717) is 61.3 Å². The van der Waals surface area contributed by atoms with Crippen LogP contribution in [0.2, 0.25) is 0 Å². The predicted octanol–water partition coefficient (Wildman–Crippen LogP) is 4.93. The summed E-state index contributed by atoms with van der Waals surface area (Å²) in [6.45, 7) is 5.96. The smallest absolute Gasteiger partial charge is 0.338 e. The molecule has 1 atom stereocenters. The molecule has 0 bridgehead atoms. The van der Waals surface area contributed by atoms with Crippen molar-refractivity contribution in [1.29, 1.82) is 0 Å². The van der Waals surface area contributed by atoms with Gasteiger partial charge < -0.3 is 23.7 Å². The molecule has 1 aromatic heterocycles. The van der Waals surface area contributed by atoms with E-state index in [2.05, 4.69) is 4.99 Å². The number of nitrogens with zero attached hydrogens (tertiary/aromatic N) is 2. The van der Waals surface area contributed by atoms with Gasteiger partial charge in [0.1, 0.15) is 18.5 Å². The third kappa shape index (κ3) is 6.48. The Morgan fingerprint density at radius 3 is 2.47 bits per heavy atom. The SMILES string of the molecule is CCOC(=O)C1=C(C)N=c2sc(=Cc3ccc(OCc4cccc(F)c4)c(OC)c3)c(=O)n2[C@H]1c1cccc(OC)c1OCC. The fourth-order valence-electron chi connectivity index (χ4n) is 5.13. The normalized spacial score (nSPS) is 14.4. The van der Waals surface area contributed by atoms with E-state index in [0.717, 1.165) is 0 Å². The minimum Gasteiger partial charge on any atom is -0.493 e. The van der Waals surface area contributed by atoms with Gasteiger partial charge in [0.15, 0.2) is 27.8 Å². The van der Waals surface area contributed by atoms with Gasteiger partial charge in [-0.05, 0) is 68.3 Å². The molecule has 45 heavy (non-hydrogen) atoms. The van der Waals surface area contributed by atoms with Gasteiger partial charge in [-0.1, -0.05) is 41.7 Å². The zero-order chi connectivity index (χ0) is 32.1. The van der Waals surface area contributed by atoms with Crippen LogP contribution in [0.1, 0.15) is 43.5 Å². The molecule has 234 valence electrons. The summed E-state index contributed by atoms with van der Waals surface area (Å²) in [6, 6.07) is 15.9. The number of hydrogen-bond donors (Lipinski definition) is 0. The second-order valence-electron chi connectivity index (χ2n) is 9.94. The second kappa shape index (κ2) is 13.8. The Hall–Kier alpha value is -4.90. The zero-order valence-electron chi connectivity index (χ0n) is 25.6. The van der Waals surface area contributed by atoms with Crippen LogP contribution in [0.5, 0.6) is 23.0 Å². The van der Waals surface area contributed by atoms with E-state index in [1.807, 2.05) is 6.92 Å². The molecule has 0 amide bonds. The van der Waals surface area contributed by atoms with Crippen molar-refractivity contribution in [2.45, 2.75) is 33.4 Å². The number of thiazole rings is 1. The molecule has 4 aromatic rings. The van der Waals surface area contributed by atoms with Crippen LogP contribution in [0.4, 0.5) is 4.39 Å². The highest BCUT2D eigenvalue weighted by atomic mass is 32.1. The highest BCUT2D eigenvalue weighted by Crippen LogP contribution is 2.40. The summed E-state index contributed by atoms with van der Waals surface area (Å²) in [5, 5.41) is 0. The lowest BCUT2D eigenvalue weighted by atomic mass is 9.94. The van der Waals surface area contributed by atoms with Crippen molar-refractivity contribution < 1.29 is 32.9 Å². The first-order valence-corrected chi connectivity index (χ1v) is 15.2. The van der Waals surface area contributed by atoms with E-state index < -0.39 is 12.0 Å². The summed E-state index contributed by atoms with van der Waals surface area (Å²) in [5.41, 5.74) is 2.28. The van der Waals surface area contributed by atoms with Crippen molar-refractivity contribution in [2.75, 3.05) is 27.4 Å². The molecule has 0 aliphatic carbocycles. The number of benzene rings is 3. The molecule has 3 aromatic carbocycles. The van der Waals surface area contributed by atoms with Crippen LogP contribution >= 0.6 is 11.3 Å². The van der Waals surface area contributed by atoms with Gasteiger partial charge >= 0.3 is 5.97 Å². The number of fused-ring (bicyclic) bond motifs is 1. The van der Waals surface area contributed by atoms with Gasteiger partial charge in [-0.3, -0.25) is 9.36 Å². The van der Waals surface area contributed by atoms with Gasteiger partial charge in [0.05, 0.1) is 43.2 Å². The molecular weight excluding hydrogens is 599 g/mol. The summed E-state index contributed by atoms with van der Waals surface area (Å²) in [7, 11) is 3.05. The van der Waals surface area contributed by atoms with Crippen LogP contribution in [0.15, 0.2) is 81.7 Å². The molecular formula is C34H33FN2O7S. The molecule has 0 spiro atoms. The van der Waals surface area contributed by atoms with Crippen LogP contribution in [-0.4, -0.2) is 38.0 Å². The Morgan fingerprint density at radius 1 is 0.978 bits per heavy atom. The maximum atomic E-state index is 14.1. The molecule has 0 radical (unpaired) electrons. The van der Waals surface area contributed by atoms with Crippen LogP contribution in [0.25, 0.3) is 6.08 Å². The van der Waals surface area contributed by atoms with Crippen molar-refractivity contribution in [3.8, 4) is 23.0 Å². The van der Waals surface area contributed by atoms with Gasteiger partial charge in [0.2, 0.25) is 0 Å². The number of para-hydroxylation sites is 1. The van der Waals surface area contributed by atoms with Gasteiger partial charge in [0.25, 0.3) is 5.56 Å². The largest absolute Gasteiger partial charge is 0.493 e. The van der Waals surface area contributed by atoms with Crippen molar-refractivity contribution in [3.05, 3.63) is 114 Å². The van der Waals surface area contributed by atoms with E-state index >= 15 is 0 Å². The number of hydrogen-bond acceptors (Lipinski definition) is 9. The molecule has 11 heteroatoms. The average molecular weight is 633 g/mol. The number of halogens is 1. The number of carbonyl (C=O) groups is 1. The lowest BCUT2D eigenvalue weighted by Gasteiger charge is -2.26. The van der Waals surface area contributed by atoms with E-state index in [4.69, 9.17) is 23.7 Å². The van der Waals surface area contributed by atoms with Crippen LogP contribution in [0, 0.1) is 5.82 Å². The topological polar surface area (TPSA) is 97.6 Å². The van der Waals surface area contributed by atoms with Crippen molar-refractivity contribution in [3.63, 3.8) is 0 Å². The first kappa shape index (κ1) is 31.5. The number of allylic oxidation sites excluding steroid dienone is 1. The summed E-state index contributed by atoms with van der Waals surface area (Å²) < 4.78 is 43.9.